The zero-order valence-corrected chi connectivity index (χ0v) is 12.7. The van der Waals surface area contributed by atoms with Gasteiger partial charge in [-0.3, -0.25) is 9.69 Å². The lowest BCUT2D eigenvalue weighted by atomic mass is 10.2. The van der Waals surface area contributed by atoms with E-state index in [1.165, 1.54) is 0 Å². The Morgan fingerprint density at radius 1 is 1.42 bits per heavy atom. The van der Waals surface area contributed by atoms with Crippen LogP contribution in [0.3, 0.4) is 0 Å². The van der Waals surface area contributed by atoms with Crippen LogP contribution < -0.4 is 0 Å². The number of carbonyl (C=O) groups is 1. The summed E-state index contributed by atoms with van der Waals surface area (Å²) in [6.45, 7) is 3.62. The number of amides is 1. The van der Waals surface area contributed by atoms with Crippen LogP contribution in [0, 0.1) is 0 Å². The second kappa shape index (κ2) is 6.65. The average molecular weight is 349 g/mol. The maximum absolute atomic E-state index is 12.4. The Morgan fingerprint density at radius 3 is 2.74 bits per heavy atom. The molecule has 0 atom stereocenters. The quantitative estimate of drug-likeness (QED) is 0.835. The van der Waals surface area contributed by atoms with Gasteiger partial charge in [-0.15, -0.1) is 0 Å². The molecule has 0 radical (unpaired) electrons. The number of hydrogen-bond acceptors (Lipinski definition) is 4. The number of aliphatic hydroxyl groups is 1. The normalized spacial score (nSPS) is 16.7. The number of β-amino-alcohol motifs (C(OH)–C–C–N with tert-alkyl or cyclic N) is 1. The van der Waals surface area contributed by atoms with Gasteiger partial charge in [0.1, 0.15) is 5.15 Å². The van der Waals surface area contributed by atoms with E-state index in [1.54, 1.807) is 17.2 Å². The Morgan fingerprint density at radius 2 is 2.11 bits per heavy atom. The first-order valence-corrected chi connectivity index (χ1v) is 7.22. The Balaban J connectivity index is 2.03. The van der Waals surface area contributed by atoms with E-state index < -0.39 is 0 Å². The van der Waals surface area contributed by atoms with Gasteiger partial charge in [0, 0.05) is 43.4 Å². The van der Waals surface area contributed by atoms with Crippen molar-refractivity contribution >= 4 is 33.4 Å². The van der Waals surface area contributed by atoms with Gasteiger partial charge in [0.15, 0.2) is 0 Å². The van der Waals surface area contributed by atoms with Crippen molar-refractivity contribution in [3.05, 3.63) is 27.5 Å². The van der Waals surface area contributed by atoms with Crippen molar-refractivity contribution in [1.29, 1.82) is 0 Å². The van der Waals surface area contributed by atoms with E-state index in [2.05, 4.69) is 25.8 Å². The minimum Gasteiger partial charge on any atom is -0.395 e. The molecule has 19 heavy (non-hydrogen) atoms. The topological polar surface area (TPSA) is 56.7 Å². The number of nitrogens with zero attached hydrogens (tertiary/aromatic N) is 3. The van der Waals surface area contributed by atoms with Crippen molar-refractivity contribution in [2.45, 2.75) is 0 Å². The van der Waals surface area contributed by atoms with Crippen LogP contribution in [-0.4, -0.2) is 65.1 Å². The molecule has 1 amide bonds. The second-order valence-corrected chi connectivity index (χ2v) is 5.62. The molecular weight excluding hydrogens is 334 g/mol. The molecule has 1 fully saturated rings. The zero-order chi connectivity index (χ0) is 13.8. The fourth-order valence-corrected chi connectivity index (χ4v) is 2.57. The minimum atomic E-state index is -0.0950. The van der Waals surface area contributed by atoms with Crippen molar-refractivity contribution in [2.24, 2.45) is 0 Å². The third-order valence-corrected chi connectivity index (χ3v) is 3.85. The van der Waals surface area contributed by atoms with E-state index >= 15 is 0 Å². The highest BCUT2D eigenvalue weighted by molar-refractivity contribution is 9.10. The summed E-state index contributed by atoms with van der Waals surface area (Å²) in [5.41, 5.74) is 0.423. The first-order valence-electron chi connectivity index (χ1n) is 6.05. The summed E-state index contributed by atoms with van der Waals surface area (Å²) in [6, 6.07) is 1.69. The Kier molecular flexibility index (Phi) is 5.15. The van der Waals surface area contributed by atoms with Gasteiger partial charge < -0.3 is 10.0 Å². The number of rotatable bonds is 3. The molecule has 1 N–H and O–H groups in total. The lowest BCUT2D eigenvalue weighted by molar-refractivity contribution is 0.0614. The summed E-state index contributed by atoms with van der Waals surface area (Å²) in [5, 5.41) is 9.11. The molecule has 104 valence electrons. The van der Waals surface area contributed by atoms with Crippen LogP contribution >= 0.6 is 27.5 Å². The van der Waals surface area contributed by atoms with Crippen LogP contribution in [0.4, 0.5) is 0 Å². The summed E-state index contributed by atoms with van der Waals surface area (Å²) < 4.78 is 0.735. The molecule has 2 heterocycles. The van der Waals surface area contributed by atoms with Crippen LogP contribution in [0.1, 0.15) is 10.4 Å². The molecule has 0 aromatic carbocycles. The van der Waals surface area contributed by atoms with Crippen LogP contribution in [0.25, 0.3) is 0 Å². The molecule has 0 bridgehead atoms. The highest BCUT2D eigenvalue weighted by atomic mass is 79.9. The van der Waals surface area contributed by atoms with Crippen LogP contribution in [0.2, 0.25) is 5.15 Å². The van der Waals surface area contributed by atoms with Crippen molar-refractivity contribution in [1.82, 2.24) is 14.8 Å². The number of aromatic nitrogens is 1. The third-order valence-electron chi connectivity index (χ3n) is 3.11. The first kappa shape index (κ1) is 14.7. The largest absolute Gasteiger partial charge is 0.395 e. The first-order chi connectivity index (χ1) is 9.11. The van der Waals surface area contributed by atoms with Gasteiger partial charge in [-0.25, -0.2) is 4.98 Å². The summed E-state index contributed by atoms with van der Waals surface area (Å²) in [5.74, 6) is -0.0950. The molecule has 1 aliphatic rings. The maximum atomic E-state index is 12.4. The van der Waals surface area contributed by atoms with Gasteiger partial charge >= 0.3 is 0 Å². The monoisotopic (exact) mass is 347 g/mol. The van der Waals surface area contributed by atoms with Gasteiger partial charge in [-0.05, 0) is 22.0 Å². The second-order valence-electron chi connectivity index (χ2n) is 4.35. The number of halogens is 2. The third kappa shape index (κ3) is 3.66. The van der Waals surface area contributed by atoms with Gasteiger partial charge in [0.05, 0.1) is 12.2 Å². The van der Waals surface area contributed by atoms with E-state index in [0.717, 1.165) is 17.6 Å². The highest BCUT2D eigenvalue weighted by Gasteiger charge is 2.23. The lowest BCUT2D eigenvalue weighted by Gasteiger charge is -2.34. The molecule has 0 spiro atoms. The summed E-state index contributed by atoms with van der Waals surface area (Å²) in [6.07, 6.45) is 1.57. The van der Waals surface area contributed by atoms with Crippen molar-refractivity contribution in [3.63, 3.8) is 0 Å². The molecular formula is C12H15BrClN3O2. The Hall–Kier alpha value is -0.690. The number of carbonyl (C=O) groups excluding carboxylic acids is 1. The van der Waals surface area contributed by atoms with Crippen LogP contribution in [0.5, 0.6) is 0 Å². The van der Waals surface area contributed by atoms with Gasteiger partial charge in [0.2, 0.25) is 0 Å². The summed E-state index contributed by atoms with van der Waals surface area (Å²) in [7, 11) is 0. The standard InChI is InChI=1S/C12H15BrClN3O2/c13-9-7-10(11(14)15-8-9)12(19)17-3-1-16(2-4-17)5-6-18/h7-8,18H,1-6H2. The molecule has 7 heteroatoms. The van der Waals surface area contributed by atoms with Crippen LogP contribution in [0.15, 0.2) is 16.7 Å². The minimum absolute atomic E-state index is 0.0950. The molecule has 0 aliphatic carbocycles. The van der Waals surface area contributed by atoms with E-state index in [9.17, 15) is 4.79 Å². The smallest absolute Gasteiger partial charge is 0.257 e. The van der Waals surface area contributed by atoms with Crippen molar-refractivity contribution in [2.75, 3.05) is 39.3 Å². The fraction of sp³-hybridized carbons (Fsp3) is 0.500. The molecule has 0 saturated carbocycles. The fourth-order valence-electron chi connectivity index (χ4n) is 2.06. The van der Waals surface area contributed by atoms with E-state index in [4.69, 9.17) is 16.7 Å². The Bertz CT molecular complexity index is 464. The number of pyridine rings is 1. The number of hydrogen-bond donors (Lipinski definition) is 1. The average Bonchev–Trinajstić information content (AvgIpc) is 2.42. The van der Waals surface area contributed by atoms with Gasteiger partial charge in [-0.2, -0.15) is 0 Å². The SMILES string of the molecule is O=C(c1cc(Br)cnc1Cl)N1CCN(CCO)CC1. The lowest BCUT2D eigenvalue weighted by Crippen LogP contribution is -2.49. The summed E-state index contributed by atoms with van der Waals surface area (Å²) in [4.78, 5) is 20.2. The number of aliphatic hydroxyl groups excluding tert-OH is 1. The molecule has 0 unspecified atom stereocenters. The van der Waals surface area contributed by atoms with Gasteiger partial charge in [-0.1, -0.05) is 11.6 Å². The highest BCUT2D eigenvalue weighted by Crippen LogP contribution is 2.20. The van der Waals surface area contributed by atoms with E-state index in [-0.39, 0.29) is 17.7 Å². The molecule has 1 saturated heterocycles. The molecule has 2 rings (SSSR count). The van der Waals surface area contributed by atoms with Crippen molar-refractivity contribution in [3.8, 4) is 0 Å². The molecule has 1 aromatic rings. The van der Waals surface area contributed by atoms with Gasteiger partial charge in [0.25, 0.3) is 5.91 Å². The molecule has 1 aliphatic heterocycles. The van der Waals surface area contributed by atoms with Crippen molar-refractivity contribution < 1.29 is 9.90 Å². The number of piperazine rings is 1. The molecule has 5 nitrogen and oxygen atoms in total. The molecule has 1 aromatic heterocycles. The zero-order valence-electron chi connectivity index (χ0n) is 10.4. The predicted molar refractivity (Wildman–Crippen MR) is 76.4 cm³/mol. The predicted octanol–water partition coefficient (Wildman–Crippen LogP) is 1.25. The van der Waals surface area contributed by atoms with E-state index in [0.29, 0.717) is 25.2 Å². The Labute approximate surface area is 125 Å². The van der Waals surface area contributed by atoms with E-state index in [1.807, 2.05) is 0 Å². The maximum Gasteiger partial charge on any atom is 0.257 e. The summed E-state index contributed by atoms with van der Waals surface area (Å²) >= 11 is 9.26. The van der Waals surface area contributed by atoms with Crippen LogP contribution in [-0.2, 0) is 0 Å².